The first-order valence-electron chi connectivity index (χ1n) is 5.16. The molecule has 4 nitrogen and oxygen atoms in total. The van der Waals surface area contributed by atoms with E-state index in [-0.39, 0.29) is 5.75 Å². The third-order valence-electron chi connectivity index (χ3n) is 2.69. The molecule has 1 rings (SSSR count). The van der Waals surface area contributed by atoms with E-state index in [2.05, 4.69) is 5.32 Å². The lowest BCUT2D eigenvalue weighted by Gasteiger charge is -2.23. The Morgan fingerprint density at radius 3 is 2.57 bits per heavy atom. The number of sulfonamides is 1. The zero-order valence-electron chi connectivity index (χ0n) is 8.99. The molecule has 0 amide bonds. The minimum Gasteiger partial charge on any atom is -0.314 e. The predicted octanol–water partition coefficient (Wildman–Crippen LogP) is 0.410. The number of piperidine rings is 1. The maximum Gasteiger partial charge on any atom is 0.213 e. The molecule has 1 N–H and O–H groups in total. The van der Waals surface area contributed by atoms with E-state index < -0.39 is 10.0 Å². The Hall–Kier alpha value is -0.130. The van der Waals surface area contributed by atoms with Crippen LogP contribution in [0.4, 0.5) is 0 Å². The van der Waals surface area contributed by atoms with Crippen molar-refractivity contribution in [3.63, 3.8) is 0 Å². The number of hydrogen-bond acceptors (Lipinski definition) is 3. The Labute approximate surface area is 86.7 Å². The van der Waals surface area contributed by atoms with Gasteiger partial charge in [-0.1, -0.05) is 6.42 Å². The average molecular weight is 220 g/mol. The highest BCUT2D eigenvalue weighted by molar-refractivity contribution is 7.89. The summed E-state index contributed by atoms with van der Waals surface area (Å²) in [6.45, 7) is 1.03. The molecule has 84 valence electrons. The Morgan fingerprint density at radius 2 is 2.07 bits per heavy atom. The van der Waals surface area contributed by atoms with Crippen LogP contribution in [-0.2, 0) is 10.0 Å². The molecule has 1 heterocycles. The lowest BCUT2D eigenvalue weighted by atomic mass is 10.0. The summed E-state index contributed by atoms with van der Waals surface area (Å²) in [5, 5.41) is 3.35. The van der Waals surface area contributed by atoms with Crippen LogP contribution in [0.5, 0.6) is 0 Å². The Balaban J connectivity index is 2.32. The van der Waals surface area contributed by atoms with Gasteiger partial charge in [0.2, 0.25) is 10.0 Å². The molecule has 0 aromatic rings. The smallest absolute Gasteiger partial charge is 0.213 e. The number of nitrogens with one attached hydrogen (secondary N) is 1. The van der Waals surface area contributed by atoms with Gasteiger partial charge >= 0.3 is 0 Å². The van der Waals surface area contributed by atoms with E-state index in [1.54, 1.807) is 14.1 Å². The van der Waals surface area contributed by atoms with Crippen molar-refractivity contribution in [2.24, 2.45) is 0 Å². The van der Waals surface area contributed by atoms with Crippen molar-refractivity contribution < 1.29 is 8.42 Å². The van der Waals surface area contributed by atoms with E-state index in [0.717, 1.165) is 19.4 Å². The van der Waals surface area contributed by atoms with Gasteiger partial charge in [0.15, 0.2) is 0 Å². The molecule has 0 bridgehead atoms. The quantitative estimate of drug-likeness (QED) is 0.746. The summed E-state index contributed by atoms with van der Waals surface area (Å²) in [6.07, 6.45) is 4.29. The summed E-state index contributed by atoms with van der Waals surface area (Å²) < 4.78 is 24.2. The van der Waals surface area contributed by atoms with Gasteiger partial charge in [-0.3, -0.25) is 0 Å². The second-order valence-corrected chi connectivity index (χ2v) is 6.34. The third-order valence-corrected chi connectivity index (χ3v) is 4.56. The second kappa shape index (κ2) is 5.09. The largest absolute Gasteiger partial charge is 0.314 e. The molecular weight excluding hydrogens is 200 g/mol. The van der Waals surface area contributed by atoms with Crippen LogP contribution in [0.1, 0.15) is 25.7 Å². The second-order valence-electron chi connectivity index (χ2n) is 4.03. The molecule has 5 heteroatoms. The molecule has 0 unspecified atom stereocenters. The summed E-state index contributed by atoms with van der Waals surface area (Å²) in [5.74, 6) is 0.262. The molecule has 0 aliphatic carbocycles. The minimum absolute atomic E-state index is 0.262. The Morgan fingerprint density at radius 1 is 1.36 bits per heavy atom. The van der Waals surface area contributed by atoms with Crippen LogP contribution in [0.25, 0.3) is 0 Å². The Bertz CT molecular complexity index is 256. The van der Waals surface area contributed by atoms with Crippen LogP contribution in [0.3, 0.4) is 0 Å². The standard InChI is InChI=1S/C9H20N2O2S/c1-11(2)14(12,13)8-6-9-5-3-4-7-10-9/h9-10H,3-8H2,1-2H3/t9-/m0/s1. The molecule has 14 heavy (non-hydrogen) atoms. The molecule has 0 saturated carbocycles. The van der Waals surface area contributed by atoms with Crippen molar-refractivity contribution in [1.82, 2.24) is 9.62 Å². The van der Waals surface area contributed by atoms with E-state index in [1.807, 2.05) is 0 Å². The molecular formula is C9H20N2O2S. The summed E-state index contributed by atoms with van der Waals surface area (Å²) in [5.41, 5.74) is 0. The van der Waals surface area contributed by atoms with Crippen molar-refractivity contribution in [1.29, 1.82) is 0 Å². The SMILES string of the molecule is CN(C)S(=O)(=O)CC[C@@H]1CCCCN1. The lowest BCUT2D eigenvalue weighted by Crippen LogP contribution is -2.36. The third kappa shape index (κ3) is 3.55. The summed E-state index contributed by atoms with van der Waals surface area (Å²) in [6, 6.07) is 0.401. The highest BCUT2D eigenvalue weighted by Crippen LogP contribution is 2.11. The molecule has 0 aromatic carbocycles. The monoisotopic (exact) mass is 220 g/mol. The van der Waals surface area contributed by atoms with Crippen LogP contribution in [0, 0.1) is 0 Å². The first-order chi connectivity index (χ1) is 6.52. The van der Waals surface area contributed by atoms with Crippen LogP contribution in [0.2, 0.25) is 0 Å². The van der Waals surface area contributed by atoms with Gasteiger partial charge in [-0.15, -0.1) is 0 Å². The summed E-state index contributed by atoms with van der Waals surface area (Å²) >= 11 is 0. The first-order valence-corrected chi connectivity index (χ1v) is 6.77. The maximum absolute atomic E-state index is 11.5. The van der Waals surface area contributed by atoms with Crippen molar-refractivity contribution in [3.8, 4) is 0 Å². The van der Waals surface area contributed by atoms with E-state index in [4.69, 9.17) is 0 Å². The fourth-order valence-corrected chi connectivity index (χ4v) is 2.59. The lowest BCUT2D eigenvalue weighted by molar-refractivity contribution is 0.390. The normalized spacial score (nSPS) is 24.1. The topological polar surface area (TPSA) is 49.4 Å². The highest BCUT2D eigenvalue weighted by Gasteiger charge is 2.18. The van der Waals surface area contributed by atoms with Crippen molar-refractivity contribution in [2.75, 3.05) is 26.4 Å². The number of rotatable bonds is 4. The molecule has 1 fully saturated rings. The van der Waals surface area contributed by atoms with Crippen LogP contribution in [0.15, 0.2) is 0 Å². The van der Waals surface area contributed by atoms with Gasteiger partial charge in [-0.05, 0) is 25.8 Å². The maximum atomic E-state index is 11.5. The van der Waals surface area contributed by atoms with Crippen molar-refractivity contribution in [2.45, 2.75) is 31.7 Å². The molecule has 0 aromatic heterocycles. The van der Waals surface area contributed by atoms with E-state index in [9.17, 15) is 8.42 Å². The minimum atomic E-state index is -3.00. The van der Waals surface area contributed by atoms with E-state index >= 15 is 0 Å². The number of hydrogen-bond donors (Lipinski definition) is 1. The fourth-order valence-electron chi connectivity index (χ4n) is 1.64. The Kier molecular flexibility index (Phi) is 4.34. The van der Waals surface area contributed by atoms with Crippen molar-refractivity contribution in [3.05, 3.63) is 0 Å². The molecule has 1 atom stereocenters. The van der Waals surface area contributed by atoms with Crippen LogP contribution in [-0.4, -0.2) is 45.2 Å². The average Bonchev–Trinajstić information content (AvgIpc) is 2.16. The van der Waals surface area contributed by atoms with E-state index in [1.165, 1.54) is 17.1 Å². The summed E-state index contributed by atoms with van der Waals surface area (Å²) in [7, 11) is 0.170. The van der Waals surface area contributed by atoms with E-state index in [0.29, 0.717) is 6.04 Å². The van der Waals surface area contributed by atoms with Gasteiger partial charge in [0.05, 0.1) is 5.75 Å². The summed E-state index contributed by atoms with van der Waals surface area (Å²) in [4.78, 5) is 0. The number of nitrogens with zero attached hydrogens (tertiary/aromatic N) is 1. The van der Waals surface area contributed by atoms with Gasteiger partial charge < -0.3 is 5.32 Å². The highest BCUT2D eigenvalue weighted by atomic mass is 32.2. The molecule has 0 radical (unpaired) electrons. The van der Waals surface area contributed by atoms with Gasteiger partial charge in [-0.25, -0.2) is 12.7 Å². The molecule has 1 aliphatic heterocycles. The molecule has 0 spiro atoms. The first kappa shape index (κ1) is 11.9. The molecule has 1 saturated heterocycles. The molecule has 1 aliphatic rings. The van der Waals surface area contributed by atoms with Gasteiger partial charge in [0.1, 0.15) is 0 Å². The zero-order valence-corrected chi connectivity index (χ0v) is 9.81. The van der Waals surface area contributed by atoms with Gasteiger partial charge in [0.25, 0.3) is 0 Å². The van der Waals surface area contributed by atoms with Crippen molar-refractivity contribution >= 4 is 10.0 Å². The van der Waals surface area contributed by atoms with Gasteiger partial charge in [0, 0.05) is 20.1 Å². The predicted molar refractivity (Wildman–Crippen MR) is 57.7 cm³/mol. The van der Waals surface area contributed by atoms with Gasteiger partial charge in [-0.2, -0.15) is 0 Å². The van der Waals surface area contributed by atoms with Crippen LogP contribution >= 0.6 is 0 Å². The zero-order chi connectivity index (χ0) is 10.6. The fraction of sp³-hybridized carbons (Fsp3) is 1.00. The van der Waals surface area contributed by atoms with Crippen LogP contribution < -0.4 is 5.32 Å².